The molecular weight excluding hydrogens is 362 g/mol. The first-order chi connectivity index (χ1) is 14.1. The van der Waals surface area contributed by atoms with E-state index >= 15 is 0 Å². The number of nitrogens with zero attached hydrogens (tertiary/aromatic N) is 2. The van der Waals surface area contributed by atoms with E-state index in [9.17, 15) is 9.59 Å². The van der Waals surface area contributed by atoms with Crippen LogP contribution in [0.5, 0.6) is 0 Å². The first-order valence-electron chi connectivity index (χ1n) is 10.4. The maximum atomic E-state index is 13.0. The van der Waals surface area contributed by atoms with Crippen molar-refractivity contribution in [2.45, 2.75) is 32.2 Å². The number of carbonyl (C=O) groups is 2. The molecule has 0 saturated heterocycles. The normalized spacial score (nSPS) is 16.4. The zero-order valence-corrected chi connectivity index (χ0v) is 16.6. The van der Waals surface area contributed by atoms with Crippen molar-refractivity contribution in [1.82, 2.24) is 9.88 Å². The van der Waals surface area contributed by atoms with Crippen LogP contribution in [-0.4, -0.2) is 35.3 Å². The lowest BCUT2D eigenvalue weighted by molar-refractivity contribution is -0.139. The third-order valence-electron chi connectivity index (χ3n) is 6.44. The summed E-state index contributed by atoms with van der Waals surface area (Å²) in [7, 11) is 1.80. The predicted octanol–water partition coefficient (Wildman–Crippen LogP) is 4.13. The van der Waals surface area contributed by atoms with Gasteiger partial charge in [-0.25, -0.2) is 0 Å². The third-order valence-corrected chi connectivity index (χ3v) is 6.44. The number of rotatable bonds is 3. The number of fused-ring (bicyclic) bond motifs is 3. The fourth-order valence-corrected chi connectivity index (χ4v) is 4.41. The number of hydrogen-bond donors (Lipinski definition) is 1. The molecule has 5 heteroatoms. The summed E-state index contributed by atoms with van der Waals surface area (Å²) in [5, 5.41) is 1.05. The van der Waals surface area contributed by atoms with Crippen LogP contribution >= 0.6 is 0 Å². The lowest BCUT2D eigenvalue weighted by Crippen LogP contribution is -2.41. The quantitative estimate of drug-likeness (QED) is 0.735. The molecule has 0 radical (unpaired) electrons. The summed E-state index contributed by atoms with van der Waals surface area (Å²) in [5.74, 6) is 0.483. The van der Waals surface area contributed by atoms with Gasteiger partial charge in [0.1, 0.15) is 0 Å². The van der Waals surface area contributed by atoms with Crippen LogP contribution in [0.3, 0.4) is 0 Å². The summed E-state index contributed by atoms with van der Waals surface area (Å²) < 4.78 is 0. The number of hydrogen-bond acceptors (Lipinski definition) is 2. The Balaban J connectivity index is 1.45. The monoisotopic (exact) mass is 387 g/mol. The molecule has 1 aromatic heterocycles. The average molecular weight is 387 g/mol. The molecule has 0 unspecified atom stereocenters. The highest BCUT2D eigenvalue weighted by Gasteiger charge is 2.32. The van der Waals surface area contributed by atoms with E-state index in [-0.39, 0.29) is 11.8 Å². The molecule has 5 rings (SSSR count). The van der Waals surface area contributed by atoms with Crippen molar-refractivity contribution in [2.75, 3.05) is 18.5 Å². The number of nitrogens with one attached hydrogen (secondary N) is 1. The zero-order valence-electron chi connectivity index (χ0n) is 16.6. The van der Waals surface area contributed by atoms with Crippen molar-refractivity contribution in [2.24, 2.45) is 5.92 Å². The molecule has 1 aliphatic carbocycles. The number of anilines is 1. The van der Waals surface area contributed by atoms with Crippen LogP contribution in [-0.2, 0) is 17.8 Å². The average Bonchev–Trinajstić information content (AvgIpc) is 3.09. The van der Waals surface area contributed by atoms with Gasteiger partial charge in [-0.15, -0.1) is 0 Å². The van der Waals surface area contributed by atoms with Gasteiger partial charge in [-0.2, -0.15) is 0 Å². The van der Waals surface area contributed by atoms with Crippen LogP contribution < -0.4 is 4.90 Å². The summed E-state index contributed by atoms with van der Waals surface area (Å²) in [5.41, 5.74) is 4.92. The van der Waals surface area contributed by atoms with Gasteiger partial charge < -0.3 is 14.8 Å². The summed E-state index contributed by atoms with van der Waals surface area (Å²) in [6.45, 7) is 1.41. The summed E-state index contributed by atoms with van der Waals surface area (Å²) in [6, 6.07) is 15.5. The second kappa shape index (κ2) is 7.07. The van der Waals surface area contributed by atoms with Crippen LogP contribution in [0.15, 0.2) is 48.5 Å². The highest BCUT2D eigenvalue weighted by atomic mass is 16.2. The highest BCUT2D eigenvalue weighted by Crippen LogP contribution is 2.33. The lowest BCUT2D eigenvalue weighted by atomic mass is 9.84. The Labute approximate surface area is 170 Å². The Hall–Kier alpha value is -3.08. The van der Waals surface area contributed by atoms with Crippen molar-refractivity contribution in [3.05, 3.63) is 65.4 Å². The zero-order chi connectivity index (χ0) is 20.0. The third kappa shape index (κ3) is 3.11. The van der Waals surface area contributed by atoms with Gasteiger partial charge in [-0.1, -0.05) is 24.6 Å². The SMILES string of the molecule is CN(C(=O)c1ccc2[nH]c3c(c2c1)CN(C(=O)C1CCC1)CC3)c1ccccc1. The standard InChI is InChI=1S/C24H25N3O2/c1-26(18-8-3-2-4-9-18)23(28)17-10-11-21-19(14-17)20-15-27(13-12-22(20)25-21)24(29)16-6-5-7-16/h2-4,8-11,14,16,25H,5-7,12-13,15H2,1H3. The molecule has 0 atom stereocenters. The molecule has 1 fully saturated rings. The van der Waals surface area contributed by atoms with Gasteiger partial charge in [-0.3, -0.25) is 9.59 Å². The maximum Gasteiger partial charge on any atom is 0.258 e. The van der Waals surface area contributed by atoms with Gasteiger partial charge >= 0.3 is 0 Å². The molecule has 1 aliphatic heterocycles. The van der Waals surface area contributed by atoms with Crippen LogP contribution in [0.25, 0.3) is 10.9 Å². The maximum absolute atomic E-state index is 13.0. The number of benzene rings is 2. The molecule has 2 aromatic carbocycles. The van der Waals surface area contributed by atoms with Gasteiger partial charge in [-0.05, 0) is 43.2 Å². The van der Waals surface area contributed by atoms with Crippen molar-refractivity contribution in [3.63, 3.8) is 0 Å². The molecule has 2 heterocycles. The van der Waals surface area contributed by atoms with Gasteiger partial charge in [0.2, 0.25) is 5.91 Å². The van der Waals surface area contributed by atoms with Gasteiger partial charge in [0.15, 0.2) is 0 Å². The van der Waals surface area contributed by atoms with Crippen molar-refractivity contribution >= 4 is 28.4 Å². The minimum Gasteiger partial charge on any atom is -0.358 e. The topological polar surface area (TPSA) is 56.4 Å². The van der Waals surface area contributed by atoms with E-state index in [0.717, 1.165) is 48.0 Å². The first kappa shape index (κ1) is 18.0. The Morgan fingerprint density at radius 3 is 2.62 bits per heavy atom. The highest BCUT2D eigenvalue weighted by molar-refractivity contribution is 6.08. The molecule has 2 amide bonds. The summed E-state index contributed by atoms with van der Waals surface area (Å²) in [4.78, 5) is 32.9. The van der Waals surface area contributed by atoms with E-state index in [4.69, 9.17) is 0 Å². The molecule has 5 nitrogen and oxygen atoms in total. The van der Waals surface area contributed by atoms with E-state index < -0.39 is 0 Å². The van der Waals surface area contributed by atoms with Gasteiger partial charge in [0.05, 0.1) is 0 Å². The molecule has 1 N–H and O–H groups in total. The van der Waals surface area contributed by atoms with Crippen LogP contribution in [0.2, 0.25) is 0 Å². The largest absolute Gasteiger partial charge is 0.358 e. The Morgan fingerprint density at radius 1 is 1.10 bits per heavy atom. The molecule has 0 spiro atoms. The fraction of sp³-hybridized carbons (Fsp3) is 0.333. The fourth-order valence-electron chi connectivity index (χ4n) is 4.41. The van der Waals surface area contributed by atoms with E-state index in [2.05, 4.69) is 4.98 Å². The summed E-state index contributed by atoms with van der Waals surface area (Å²) in [6.07, 6.45) is 4.07. The minimum absolute atomic E-state index is 0.0359. The Kier molecular flexibility index (Phi) is 4.38. The number of aromatic nitrogens is 1. The Bertz CT molecular complexity index is 1080. The van der Waals surface area contributed by atoms with Crippen LogP contribution in [0, 0.1) is 5.92 Å². The molecule has 148 valence electrons. The number of aromatic amines is 1. The van der Waals surface area contributed by atoms with Crippen molar-refractivity contribution in [3.8, 4) is 0 Å². The lowest BCUT2D eigenvalue weighted by Gasteiger charge is -2.34. The van der Waals surface area contributed by atoms with Crippen LogP contribution in [0.4, 0.5) is 5.69 Å². The summed E-state index contributed by atoms with van der Waals surface area (Å²) >= 11 is 0. The minimum atomic E-state index is -0.0359. The molecular formula is C24H25N3O2. The van der Waals surface area contributed by atoms with E-state index in [1.54, 1.807) is 11.9 Å². The van der Waals surface area contributed by atoms with Gasteiger partial charge in [0, 0.05) is 65.9 Å². The molecule has 0 bridgehead atoms. The predicted molar refractivity (Wildman–Crippen MR) is 114 cm³/mol. The molecule has 1 saturated carbocycles. The van der Waals surface area contributed by atoms with Gasteiger partial charge in [0.25, 0.3) is 5.91 Å². The number of para-hydroxylation sites is 1. The van der Waals surface area contributed by atoms with E-state index in [1.165, 1.54) is 12.1 Å². The van der Waals surface area contributed by atoms with E-state index in [1.807, 2.05) is 53.4 Å². The molecule has 2 aliphatic rings. The van der Waals surface area contributed by atoms with Crippen LogP contribution in [0.1, 0.15) is 40.9 Å². The number of H-pyrrole nitrogens is 1. The molecule has 3 aromatic rings. The number of carbonyl (C=O) groups excluding carboxylic acids is 2. The second-order valence-corrected chi connectivity index (χ2v) is 8.18. The second-order valence-electron chi connectivity index (χ2n) is 8.18. The first-order valence-corrected chi connectivity index (χ1v) is 10.4. The Morgan fingerprint density at radius 2 is 1.90 bits per heavy atom. The van der Waals surface area contributed by atoms with Crippen molar-refractivity contribution < 1.29 is 9.59 Å². The number of amides is 2. The molecule has 29 heavy (non-hydrogen) atoms. The van der Waals surface area contributed by atoms with Crippen molar-refractivity contribution in [1.29, 1.82) is 0 Å². The van der Waals surface area contributed by atoms with E-state index in [0.29, 0.717) is 18.0 Å². The smallest absolute Gasteiger partial charge is 0.258 e.